The Labute approximate surface area is 218 Å². The van der Waals surface area contributed by atoms with E-state index in [4.69, 9.17) is 4.74 Å². The van der Waals surface area contributed by atoms with Gasteiger partial charge in [-0.3, -0.25) is 4.79 Å². The summed E-state index contributed by atoms with van der Waals surface area (Å²) in [5.41, 5.74) is -0.583. The molecule has 0 saturated heterocycles. The zero-order chi connectivity index (χ0) is 27.1. The number of ketones is 1. The van der Waals surface area contributed by atoms with Gasteiger partial charge in [-0.1, -0.05) is 62.8 Å². The van der Waals surface area contributed by atoms with Crippen LogP contribution in [0.4, 0.5) is 0 Å². The Kier molecular flexibility index (Phi) is 5.98. The Balaban J connectivity index is 1.56. The number of aliphatic hydroxyl groups is 3. The quantitative estimate of drug-likeness (QED) is 0.326. The number of Topliss-reactive ketones (excluding diaryl/α,β-unsaturated/α-hetero) is 1. The summed E-state index contributed by atoms with van der Waals surface area (Å²) in [6.07, 6.45) is 3.05. The summed E-state index contributed by atoms with van der Waals surface area (Å²) in [5.74, 6) is -1.25. The van der Waals surface area contributed by atoms with Crippen molar-refractivity contribution in [3.05, 3.63) is 64.3 Å². The molecule has 37 heavy (non-hydrogen) atoms. The fourth-order valence-corrected chi connectivity index (χ4v) is 7.77. The largest absolute Gasteiger partial charge is 0.451 e. The Hall–Kier alpha value is -2.54. The summed E-state index contributed by atoms with van der Waals surface area (Å²) >= 11 is 0. The number of carbonyl (C=O) groups excluding carboxylic acids is 2. The van der Waals surface area contributed by atoms with E-state index >= 15 is 0 Å². The van der Waals surface area contributed by atoms with E-state index in [0.29, 0.717) is 23.5 Å². The van der Waals surface area contributed by atoms with Gasteiger partial charge in [0.25, 0.3) is 0 Å². The third kappa shape index (κ3) is 3.49. The molecule has 8 atom stereocenters. The molecule has 198 valence electrons. The Morgan fingerprint density at radius 3 is 2.46 bits per heavy atom. The maximum Gasteiger partial charge on any atom is 0.334 e. The fourth-order valence-electron chi connectivity index (χ4n) is 7.77. The van der Waals surface area contributed by atoms with Crippen molar-refractivity contribution >= 4 is 17.8 Å². The molecule has 4 aliphatic rings. The molecular weight excluding hydrogens is 468 g/mol. The fraction of sp³-hybridized carbons (Fsp3) is 0.548. The molecule has 0 amide bonds. The summed E-state index contributed by atoms with van der Waals surface area (Å²) in [6, 6.07) is 7.71. The number of fused-ring (bicyclic) bond motifs is 3. The number of allylic oxidation sites excluding steroid dienone is 1. The zero-order valence-corrected chi connectivity index (χ0v) is 22.5. The van der Waals surface area contributed by atoms with Crippen LogP contribution in [-0.2, 0) is 14.3 Å². The van der Waals surface area contributed by atoms with Crippen molar-refractivity contribution in [1.82, 2.24) is 0 Å². The van der Waals surface area contributed by atoms with Gasteiger partial charge in [-0.05, 0) is 73.1 Å². The van der Waals surface area contributed by atoms with Gasteiger partial charge in [0.1, 0.15) is 6.10 Å². The first-order valence-corrected chi connectivity index (χ1v) is 13.2. The molecule has 1 aromatic carbocycles. The van der Waals surface area contributed by atoms with E-state index in [2.05, 4.69) is 13.8 Å². The first-order chi connectivity index (χ1) is 17.3. The van der Waals surface area contributed by atoms with E-state index in [1.807, 2.05) is 38.1 Å². The first kappa shape index (κ1) is 26.1. The van der Waals surface area contributed by atoms with E-state index < -0.39 is 41.7 Å². The highest BCUT2D eigenvalue weighted by Gasteiger charge is 2.76. The van der Waals surface area contributed by atoms with Crippen LogP contribution in [0, 0.1) is 41.4 Å². The van der Waals surface area contributed by atoms with Gasteiger partial charge in [0, 0.05) is 11.5 Å². The van der Waals surface area contributed by atoms with E-state index in [-0.39, 0.29) is 28.6 Å². The minimum absolute atomic E-state index is 0.0399. The number of hydrogen-bond donors (Lipinski definition) is 3. The average molecular weight is 507 g/mol. The molecule has 4 aliphatic carbocycles. The molecule has 0 aliphatic heterocycles. The molecule has 6 heteroatoms. The van der Waals surface area contributed by atoms with Crippen molar-refractivity contribution in [3.63, 3.8) is 0 Å². The number of aliphatic hydroxyl groups excluding tert-OH is 2. The van der Waals surface area contributed by atoms with Crippen LogP contribution in [-0.4, -0.2) is 51.5 Å². The molecule has 0 radical (unpaired) electrons. The van der Waals surface area contributed by atoms with Gasteiger partial charge < -0.3 is 20.1 Å². The molecule has 1 spiro atoms. The van der Waals surface area contributed by atoms with E-state index in [1.54, 1.807) is 32.1 Å². The Morgan fingerprint density at radius 2 is 1.84 bits per heavy atom. The number of esters is 1. The topological polar surface area (TPSA) is 104 Å². The van der Waals surface area contributed by atoms with Gasteiger partial charge in [-0.15, -0.1) is 0 Å². The summed E-state index contributed by atoms with van der Waals surface area (Å²) in [5, 5.41) is 34.3. The van der Waals surface area contributed by atoms with Crippen LogP contribution < -0.4 is 0 Å². The Bertz CT molecular complexity index is 1240. The summed E-state index contributed by atoms with van der Waals surface area (Å²) in [7, 11) is 0. The molecule has 0 aromatic heterocycles. The standard InChI is InChI=1S/C31H38O6/c1-16-7-9-20(10-8-16)11-17(2)28(35)37-27-18(3)14-30-19(4)12-23-24(29(23,5)6)22(26(30)34)13-21(15-32)25(33)31(27,30)36/h7-11,13-14,19,22-25,27,32-33,36H,12,15H2,1-6H3/b17-11-/t19-,22+,23-,24+,25-,27+,30-,31+/m1/s1. The maximum atomic E-state index is 14.4. The number of benzene rings is 1. The second-order valence-electron chi connectivity index (χ2n) is 12.4. The van der Waals surface area contributed by atoms with Crippen molar-refractivity contribution in [2.24, 2.45) is 34.5 Å². The van der Waals surface area contributed by atoms with Gasteiger partial charge in [0.2, 0.25) is 0 Å². The molecule has 6 nitrogen and oxygen atoms in total. The average Bonchev–Trinajstić information content (AvgIpc) is 3.34. The van der Waals surface area contributed by atoms with Gasteiger partial charge in [0.05, 0.1) is 12.0 Å². The van der Waals surface area contributed by atoms with E-state index in [9.17, 15) is 24.9 Å². The zero-order valence-electron chi connectivity index (χ0n) is 22.5. The van der Waals surface area contributed by atoms with Crippen LogP contribution >= 0.6 is 0 Å². The Morgan fingerprint density at radius 1 is 1.19 bits per heavy atom. The normalized spacial score (nSPS) is 40.0. The molecule has 0 unspecified atom stereocenters. The summed E-state index contributed by atoms with van der Waals surface area (Å²) in [6.45, 7) is 11.1. The third-order valence-corrected chi connectivity index (χ3v) is 9.90. The maximum absolute atomic E-state index is 14.4. The van der Waals surface area contributed by atoms with Crippen molar-refractivity contribution in [1.29, 1.82) is 0 Å². The predicted molar refractivity (Wildman–Crippen MR) is 140 cm³/mol. The van der Waals surface area contributed by atoms with Gasteiger partial charge in [0.15, 0.2) is 17.5 Å². The molecule has 3 N–H and O–H groups in total. The smallest absolute Gasteiger partial charge is 0.334 e. The van der Waals surface area contributed by atoms with Crippen LogP contribution in [0.15, 0.2) is 53.1 Å². The van der Waals surface area contributed by atoms with E-state index in [1.165, 1.54) is 0 Å². The lowest BCUT2D eigenvalue weighted by Crippen LogP contribution is -2.65. The third-order valence-electron chi connectivity index (χ3n) is 9.90. The second kappa shape index (κ2) is 8.48. The van der Waals surface area contributed by atoms with Crippen LogP contribution in [0.5, 0.6) is 0 Å². The number of carbonyl (C=O) groups is 2. The minimum atomic E-state index is -2.13. The highest BCUT2D eigenvalue weighted by Crippen LogP contribution is 2.71. The lowest BCUT2D eigenvalue weighted by Gasteiger charge is -2.48. The number of rotatable bonds is 4. The highest BCUT2D eigenvalue weighted by atomic mass is 16.6. The van der Waals surface area contributed by atoms with Crippen LogP contribution in [0.2, 0.25) is 0 Å². The van der Waals surface area contributed by atoms with Crippen molar-refractivity contribution in [3.8, 4) is 0 Å². The molecular formula is C31H38O6. The highest BCUT2D eigenvalue weighted by molar-refractivity contribution is 5.96. The number of aryl methyl sites for hydroxylation is 1. The van der Waals surface area contributed by atoms with Crippen LogP contribution in [0.3, 0.4) is 0 Å². The van der Waals surface area contributed by atoms with Crippen molar-refractivity contribution in [2.45, 2.75) is 65.8 Å². The molecule has 0 heterocycles. The SMILES string of the molecule is CC1=C[C@@]23C(=O)[C@@H](C=C(CO)[C@@H](O)[C@]2(O)[C@H]1OC(=O)/C(C)=C\c1ccc(C)cc1)[C@H]1[C@@H](C[C@H]3C)C1(C)C. The lowest BCUT2D eigenvalue weighted by atomic mass is 9.59. The molecule has 2 fully saturated rings. The first-order valence-electron chi connectivity index (χ1n) is 13.2. The van der Waals surface area contributed by atoms with Crippen molar-refractivity contribution < 1.29 is 29.6 Å². The minimum Gasteiger partial charge on any atom is -0.451 e. The van der Waals surface area contributed by atoms with Gasteiger partial charge >= 0.3 is 5.97 Å². The summed E-state index contributed by atoms with van der Waals surface area (Å²) in [4.78, 5) is 27.6. The van der Waals surface area contributed by atoms with Crippen molar-refractivity contribution in [2.75, 3.05) is 6.61 Å². The van der Waals surface area contributed by atoms with Crippen LogP contribution in [0.25, 0.3) is 6.08 Å². The predicted octanol–water partition coefficient (Wildman–Crippen LogP) is 3.78. The molecule has 5 rings (SSSR count). The molecule has 2 bridgehead atoms. The number of ether oxygens (including phenoxy) is 1. The monoisotopic (exact) mass is 506 g/mol. The second-order valence-corrected chi connectivity index (χ2v) is 12.4. The van der Waals surface area contributed by atoms with Gasteiger partial charge in [-0.25, -0.2) is 4.79 Å². The molecule has 2 saturated carbocycles. The van der Waals surface area contributed by atoms with Crippen LogP contribution in [0.1, 0.15) is 52.2 Å². The molecule has 1 aromatic rings. The summed E-state index contributed by atoms with van der Waals surface area (Å²) < 4.78 is 5.93. The van der Waals surface area contributed by atoms with E-state index in [0.717, 1.165) is 11.1 Å². The number of hydrogen-bond acceptors (Lipinski definition) is 6. The lowest BCUT2D eigenvalue weighted by molar-refractivity contribution is -0.201. The van der Waals surface area contributed by atoms with Gasteiger partial charge in [-0.2, -0.15) is 0 Å².